The average Bonchev–Trinajstić information content (AvgIpc) is 3.29. The lowest BCUT2D eigenvalue weighted by Gasteiger charge is -2.28. The van der Waals surface area contributed by atoms with Gasteiger partial charge in [-0.25, -0.2) is 0 Å². The van der Waals surface area contributed by atoms with Crippen LogP contribution in [0.4, 0.5) is 11.6 Å². The van der Waals surface area contributed by atoms with E-state index in [9.17, 15) is 0 Å². The predicted octanol–water partition coefficient (Wildman–Crippen LogP) is 4.43. The summed E-state index contributed by atoms with van der Waals surface area (Å²) in [7, 11) is 0. The van der Waals surface area contributed by atoms with Crippen molar-refractivity contribution in [3.05, 3.63) is 39.5 Å². The summed E-state index contributed by atoms with van der Waals surface area (Å²) in [5.74, 6) is 1.11. The Balaban J connectivity index is 1.47. The fourth-order valence-electron chi connectivity index (χ4n) is 4.02. The van der Waals surface area contributed by atoms with E-state index >= 15 is 0 Å². The van der Waals surface area contributed by atoms with Crippen LogP contribution in [0.3, 0.4) is 0 Å². The lowest BCUT2D eigenvalue weighted by molar-refractivity contribution is 0.312. The third kappa shape index (κ3) is 2.57. The van der Waals surface area contributed by atoms with Crippen LogP contribution in [0.25, 0.3) is 11.6 Å². The Kier molecular flexibility index (Phi) is 3.50. The van der Waals surface area contributed by atoms with Gasteiger partial charge in [0.1, 0.15) is 0 Å². The quantitative estimate of drug-likeness (QED) is 0.672. The Labute approximate surface area is 160 Å². The number of aromatic nitrogens is 4. The van der Waals surface area contributed by atoms with Crippen molar-refractivity contribution in [2.45, 2.75) is 39.5 Å². The van der Waals surface area contributed by atoms with E-state index in [2.05, 4.69) is 67.1 Å². The number of halogens is 1. The second kappa shape index (κ2) is 5.67. The number of nitrogens with one attached hydrogen (secondary N) is 1. The molecule has 0 amide bonds. The van der Waals surface area contributed by atoms with E-state index < -0.39 is 0 Å². The first-order valence-electron chi connectivity index (χ1n) is 8.96. The molecule has 1 aliphatic carbocycles. The Morgan fingerprint density at radius 3 is 3.04 bits per heavy atom. The van der Waals surface area contributed by atoms with E-state index in [1.807, 2.05) is 6.07 Å². The first-order valence-corrected chi connectivity index (χ1v) is 9.76. The van der Waals surface area contributed by atoms with Crippen LogP contribution >= 0.6 is 15.9 Å². The molecule has 0 saturated heterocycles. The molecule has 1 aromatic carbocycles. The normalized spacial score (nSPS) is 18.0. The van der Waals surface area contributed by atoms with Crippen molar-refractivity contribution in [2.24, 2.45) is 5.41 Å². The van der Waals surface area contributed by atoms with E-state index in [4.69, 9.17) is 4.52 Å². The Bertz CT molecular complexity index is 990. The van der Waals surface area contributed by atoms with E-state index in [1.54, 1.807) is 0 Å². The van der Waals surface area contributed by atoms with Gasteiger partial charge in [-0.1, -0.05) is 29.8 Å². The Hall–Kier alpha value is -2.15. The first kappa shape index (κ1) is 16.1. The zero-order chi connectivity index (χ0) is 17.9. The van der Waals surface area contributed by atoms with Crippen molar-refractivity contribution in [2.75, 3.05) is 11.4 Å². The third-order valence-electron chi connectivity index (χ3n) is 5.46. The fourth-order valence-corrected chi connectivity index (χ4v) is 4.43. The van der Waals surface area contributed by atoms with Crippen LogP contribution < -0.4 is 4.90 Å². The Morgan fingerprint density at radius 2 is 2.15 bits per heavy atom. The molecule has 0 atom stereocenters. The molecule has 7 heteroatoms. The van der Waals surface area contributed by atoms with Gasteiger partial charge in [0.2, 0.25) is 0 Å². The van der Waals surface area contributed by atoms with E-state index in [-0.39, 0.29) is 0 Å². The summed E-state index contributed by atoms with van der Waals surface area (Å²) in [4.78, 5) is 6.76. The number of aromatic amines is 1. The number of fused-ring (bicyclic) bond motifs is 2. The highest BCUT2D eigenvalue weighted by Crippen LogP contribution is 2.39. The molecule has 0 radical (unpaired) electrons. The van der Waals surface area contributed by atoms with Gasteiger partial charge in [-0.2, -0.15) is 10.1 Å². The van der Waals surface area contributed by atoms with Crippen molar-refractivity contribution in [1.29, 1.82) is 0 Å². The maximum Gasteiger partial charge on any atom is 0.280 e. The van der Waals surface area contributed by atoms with Crippen molar-refractivity contribution in [3.8, 4) is 11.6 Å². The van der Waals surface area contributed by atoms with Crippen molar-refractivity contribution < 1.29 is 4.52 Å². The number of hydrogen-bond donors (Lipinski definition) is 1. The molecule has 0 saturated carbocycles. The molecule has 3 heterocycles. The molecule has 6 nitrogen and oxygen atoms in total. The minimum Gasteiger partial charge on any atom is -0.330 e. The molecule has 0 unspecified atom stereocenters. The van der Waals surface area contributed by atoms with Crippen LogP contribution in [0.1, 0.15) is 37.1 Å². The van der Waals surface area contributed by atoms with Gasteiger partial charge in [0.05, 0.1) is 0 Å². The maximum absolute atomic E-state index is 5.58. The van der Waals surface area contributed by atoms with E-state index in [0.717, 1.165) is 48.1 Å². The minimum atomic E-state index is 0.310. The molecule has 0 spiro atoms. The average molecular weight is 414 g/mol. The second-order valence-corrected chi connectivity index (χ2v) is 8.86. The molecule has 134 valence electrons. The van der Waals surface area contributed by atoms with Crippen LogP contribution in [-0.2, 0) is 19.3 Å². The van der Waals surface area contributed by atoms with Gasteiger partial charge in [0, 0.05) is 28.0 Å². The van der Waals surface area contributed by atoms with Crippen LogP contribution in [0.15, 0.2) is 27.2 Å². The topological polar surface area (TPSA) is 70.8 Å². The van der Waals surface area contributed by atoms with Gasteiger partial charge in [0.25, 0.3) is 11.8 Å². The molecule has 2 aromatic heterocycles. The molecule has 0 bridgehead atoms. The SMILES string of the molecule is CC1(C)CCc2c(-c3nc(N4CCc5cc(Br)ccc54)no3)n[nH]c2C1. The molecule has 26 heavy (non-hydrogen) atoms. The summed E-state index contributed by atoms with van der Waals surface area (Å²) in [6.07, 6.45) is 4.12. The van der Waals surface area contributed by atoms with E-state index in [0.29, 0.717) is 17.3 Å². The molecular formula is C19H20BrN5O. The summed E-state index contributed by atoms with van der Waals surface area (Å²) in [5.41, 5.74) is 5.99. The largest absolute Gasteiger partial charge is 0.330 e. The smallest absolute Gasteiger partial charge is 0.280 e. The monoisotopic (exact) mass is 413 g/mol. The maximum atomic E-state index is 5.58. The molecule has 1 aliphatic heterocycles. The lowest BCUT2D eigenvalue weighted by Crippen LogP contribution is -2.21. The lowest BCUT2D eigenvalue weighted by atomic mass is 9.76. The second-order valence-electron chi connectivity index (χ2n) is 7.94. The van der Waals surface area contributed by atoms with Crippen LogP contribution in [-0.4, -0.2) is 26.9 Å². The number of anilines is 2. The van der Waals surface area contributed by atoms with Crippen LogP contribution in [0, 0.1) is 5.41 Å². The van der Waals surface area contributed by atoms with Crippen molar-refractivity contribution >= 4 is 27.6 Å². The van der Waals surface area contributed by atoms with Gasteiger partial charge in [-0.3, -0.25) is 5.10 Å². The molecule has 0 fully saturated rings. The number of H-pyrrole nitrogens is 1. The standard InChI is InChI=1S/C19H20BrN5O/c1-19(2)7-5-13-14(10-19)22-23-16(13)17-21-18(24-26-17)25-8-6-11-9-12(20)3-4-15(11)25/h3-4,9H,5-8,10H2,1-2H3,(H,22,23). The van der Waals surface area contributed by atoms with Gasteiger partial charge in [-0.15, -0.1) is 0 Å². The van der Waals surface area contributed by atoms with Crippen LogP contribution in [0.2, 0.25) is 0 Å². The molecule has 1 N–H and O–H groups in total. The zero-order valence-electron chi connectivity index (χ0n) is 14.8. The first-order chi connectivity index (χ1) is 12.5. The highest BCUT2D eigenvalue weighted by atomic mass is 79.9. The summed E-state index contributed by atoms with van der Waals surface area (Å²) in [5, 5.41) is 11.9. The molecule has 2 aliphatic rings. The number of hydrogen-bond acceptors (Lipinski definition) is 5. The third-order valence-corrected chi connectivity index (χ3v) is 5.95. The summed E-state index contributed by atoms with van der Waals surface area (Å²) >= 11 is 3.53. The predicted molar refractivity (Wildman–Crippen MR) is 103 cm³/mol. The van der Waals surface area contributed by atoms with Crippen molar-refractivity contribution in [3.63, 3.8) is 0 Å². The van der Waals surface area contributed by atoms with Gasteiger partial charge < -0.3 is 9.42 Å². The van der Waals surface area contributed by atoms with Crippen molar-refractivity contribution in [1.82, 2.24) is 20.3 Å². The molecule has 3 aromatic rings. The summed E-state index contributed by atoms with van der Waals surface area (Å²) in [6, 6.07) is 6.30. The highest BCUT2D eigenvalue weighted by Gasteiger charge is 2.31. The van der Waals surface area contributed by atoms with E-state index in [1.165, 1.54) is 16.8 Å². The number of rotatable bonds is 2. The zero-order valence-corrected chi connectivity index (χ0v) is 16.4. The summed E-state index contributed by atoms with van der Waals surface area (Å²) < 4.78 is 6.68. The molecule has 5 rings (SSSR count). The summed E-state index contributed by atoms with van der Waals surface area (Å²) in [6.45, 7) is 5.45. The molecular weight excluding hydrogens is 394 g/mol. The van der Waals surface area contributed by atoms with Gasteiger partial charge in [-0.05, 0) is 60.0 Å². The van der Waals surface area contributed by atoms with Crippen LogP contribution in [0.5, 0.6) is 0 Å². The minimum absolute atomic E-state index is 0.310. The van der Waals surface area contributed by atoms with Gasteiger partial charge in [0.15, 0.2) is 5.69 Å². The number of benzene rings is 1. The Morgan fingerprint density at radius 1 is 1.27 bits per heavy atom. The highest BCUT2D eigenvalue weighted by molar-refractivity contribution is 9.10. The number of nitrogens with zero attached hydrogens (tertiary/aromatic N) is 4. The van der Waals surface area contributed by atoms with Gasteiger partial charge >= 0.3 is 0 Å². The fraction of sp³-hybridized carbons (Fsp3) is 0.421.